The zero-order valence-electron chi connectivity index (χ0n) is 9.53. The van der Waals surface area contributed by atoms with Crippen LogP contribution in [0, 0.1) is 0 Å². The highest BCUT2D eigenvalue weighted by Crippen LogP contribution is 2.06. The fraction of sp³-hybridized carbons (Fsp3) is 0.455. The van der Waals surface area contributed by atoms with Gasteiger partial charge in [-0.3, -0.25) is 9.69 Å². The average molecular weight is 242 g/mol. The monoisotopic (exact) mass is 241 g/mol. The second kappa shape index (κ2) is 6.45. The molecular weight excluding hydrogens is 226 g/mol. The van der Waals surface area contributed by atoms with Crippen molar-refractivity contribution in [1.29, 1.82) is 0 Å². The third kappa shape index (κ3) is 4.59. The van der Waals surface area contributed by atoms with E-state index in [0.717, 1.165) is 5.69 Å². The van der Waals surface area contributed by atoms with Gasteiger partial charge < -0.3 is 5.32 Å². The first-order chi connectivity index (χ1) is 7.61. The van der Waals surface area contributed by atoms with Gasteiger partial charge in [-0.1, -0.05) is 17.7 Å². The summed E-state index contributed by atoms with van der Waals surface area (Å²) >= 11 is 5.77. The van der Waals surface area contributed by atoms with Gasteiger partial charge in [0.05, 0.1) is 12.2 Å². The third-order valence-corrected chi connectivity index (χ3v) is 2.20. The number of carbonyl (C=O) groups excluding carboxylic acids is 1. The number of aromatic nitrogens is 1. The Hall–Kier alpha value is -1.13. The van der Waals surface area contributed by atoms with Crippen LogP contribution in [0.5, 0.6) is 0 Å². The number of hydrogen-bond donors (Lipinski definition) is 1. The van der Waals surface area contributed by atoms with Crippen molar-refractivity contribution in [1.82, 2.24) is 15.2 Å². The van der Waals surface area contributed by atoms with Crippen molar-refractivity contribution in [2.24, 2.45) is 0 Å². The Labute approximate surface area is 101 Å². The van der Waals surface area contributed by atoms with E-state index >= 15 is 0 Å². The molecule has 1 heterocycles. The van der Waals surface area contributed by atoms with Crippen LogP contribution < -0.4 is 5.32 Å². The first-order valence-corrected chi connectivity index (χ1v) is 5.56. The van der Waals surface area contributed by atoms with Crippen molar-refractivity contribution < 1.29 is 4.79 Å². The molecule has 88 valence electrons. The lowest BCUT2D eigenvalue weighted by Crippen LogP contribution is -2.34. The van der Waals surface area contributed by atoms with Crippen LogP contribution in [0.4, 0.5) is 0 Å². The fourth-order valence-corrected chi connectivity index (χ4v) is 1.55. The predicted molar refractivity (Wildman–Crippen MR) is 64.3 cm³/mol. The van der Waals surface area contributed by atoms with Crippen LogP contribution in [0.2, 0.25) is 5.15 Å². The number of nitrogens with one attached hydrogen (secondary N) is 1. The molecule has 1 N–H and O–H groups in total. The Morgan fingerprint density at radius 3 is 2.94 bits per heavy atom. The zero-order chi connectivity index (χ0) is 12.0. The first-order valence-electron chi connectivity index (χ1n) is 5.18. The van der Waals surface area contributed by atoms with Crippen molar-refractivity contribution in [3.63, 3.8) is 0 Å². The van der Waals surface area contributed by atoms with Gasteiger partial charge in [0.1, 0.15) is 5.15 Å². The summed E-state index contributed by atoms with van der Waals surface area (Å²) in [5.41, 5.74) is 0.860. The average Bonchev–Trinajstić information content (AvgIpc) is 2.17. The molecule has 0 aliphatic heterocycles. The van der Waals surface area contributed by atoms with E-state index in [1.165, 1.54) is 0 Å². The number of carbonyl (C=O) groups is 1. The molecule has 1 amide bonds. The first kappa shape index (κ1) is 12.9. The summed E-state index contributed by atoms with van der Waals surface area (Å²) < 4.78 is 0. The van der Waals surface area contributed by atoms with E-state index < -0.39 is 0 Å². The lowest BCUT2D eigenvalue weighted by Gasteiger charge is -2.15. The van der Waals surface area contributed by atoms with Crippen LogP contribution in [0.25, 0.3) is 0 Å². The summed E-state index contributed by atoms with van der Waals surface area (Å²) in [6, 6.07) is 5.47. The molecule has 5 heteroatoms. The molecule has 1 aromatic heterocycles. The Morgan fingerprint density at radius 1 is 1.56 bits per heavy atom. The lowest BCUT2D eigenvalue weighted by molar-refractivity contribution is -0.121. The minimum atomic E-state index is 0.0204. The summed E-state index contributed by atoms with van der Waals surface area (Å²) in [4.78, 5) is 17.4. The van der Waals surface area contributed by atoms with Gasteiger partial charge in [-0.2, -0.15) is 0 Å². The molecule has 0 radical (unpaired) electrons. The molecule has 4 nitrogen and oxygen atoms in total. The van der Waals surface area contributed by atoms with Gasteiger partial charge in [0.2, 0.25) is 5.91 Å². The van der Waals surface area contributed by atoms with E-state index in [-0.39, 0.29) is 5.91 Å². The number of nitrogens with zero attached hydrogens (tertiary/aromatic N) is 2. The van der Waals surface area contributed by atoms with Crippen LogP contribution in [0.3, 0.4) is 0 Å². The minimum Gasteiger partial charge on any atom is -0.355 e. The maximum atomic E-state index is 11.3. The standard InChI is InChI=1S/C11H16ClN3O/c1-3-13-11(16)8-15(2)7-9-5-4-6-10(12)14-9/h4-6H,3,7-8H2,1-2H3,(H,13,16). The topological polar surface area (TPSA) is 45.2 Å². The van der Waals surface area contributed by atoms with Gasteiger partial charge in [0, 0.05) is 13.1 Å². The largest absolute Gasteiger partial charge is 0.355 e. The molecule has 0 unspecified atom stereocenters. The van der Waals surface area contributed by atoms with Crippen molar-refractivity contribution in [2.75, 3.05) is 20.1 Å². The predicted octanol–water partition coefficient (Wildman–Crippen LogP) is 1.30. The molecule has 16 heavy (non-hydrogen) atoms. The minimum absolute atomic E-state index is 0.0204. The second-order valence-corrected chi connectivity index (χ2v) is 3.96. The highest BCUT2D eigenvalue weighted by atomic mass is 35.5. The Balaban J connectivity index is 2.45. The maximum absolute atomic E-state index is 11.3. The van der Waals surface area contributed by atoms with E-state index in [2.05, 4.69) is 10.3 Å². The van der Waals surface area contributed by atoms with Crippen molar-refractivity contribution in [3.8, 4) is 0 Å². The molecular formula is C11H16ClN3O. The fourth-order valence-electron chi connectivity index (χ4n) is 1.37. The Morgan fingerprint density at radius 2 is 2.31 bits per heavy atom. The summed E-state index contributed by atoms with van der Waals surface area (Å²) in [6.07, 6.45) is 0. The molecule has 0 aromatic carbocycles. The van der Waals surface area contributed by atoms with Gasteiger partial charge in [-0.15, -0.1) is 0 Å². The molecule has 0 bridgehead atoms. The van der Waals surface area contributed by atoms with Gasteiger partial charge in [-0.25, -0.2) is 4.98 Å². The van der Waals surface area contributed by atoms with Crippen molar-refractivity contribution in [3.05, 3.63) is 29.0 Å². The molecule has 0 saturated heterocycles. The lowest BCUT2D eigenvalue weighted by atomic mass is 10.3. The molecule has 0 aliphatic rings. The van der Waals surface area contributed by atoms with Gasteiger partial charge >= 0.3 is 0 Å². The maximum Gasteiger partial charge on any atom is 0.234 e. The number of pyridine rings is 1. The summed E-state index contributed by atoms with van der Waals surface area (Å²) in [5.74, 6) is 0.0204. The van der Waals surface area contributed by atoms with Crippen LogP contribution in [-0.2, 0) is 11.3 Å². The second-order valence-electron chi connectivity index (χ2n) is 3.58. The van der Waals surface area contributed by atoms with E-state index in [4.69, 9.17) is 11.6 Å². The SMILES string of the molecule is CCNC(=O)CN(C)Cc1cccc(Cl)n1. The highest BCUT2D eigenvalue weighted by Gasteiger charge is 2.06. The molecule has 0 atom stereocenters. The van der Waals surface area contributed by atoms with Gasteiger partial charge in [0.25, 0.3) is 0 Å². The highest BCUT2D eigenvalue weighted by molar-refractivity contribution is 6.29. The zero-order valence-corrected chi connectivity index (χ0v) is 10.3. The number of likely N-dealkylation sites (N-methyl/N-ethyl adjacent to an activating group) is 2. The molecule has 0 saturated carbocycles. The van der Waals surface area contributed by atoms with E-state index in [9.17, 15) is 4.79 Å². The van der Waals surface area contributed by atoms with Gasteiger partial charge in [0.15, 0.2) is 0 Å². The van der Waals surface area contributed by atoms with Crippen molar-refractivity contribution in [2.45, 2.75) is 13.5 Å². The smallest absolute Gasteiger partial charge is 0.234 e. The molecule has 0 spiro atoms. The molecule has 1 aromatic rings. The summed E-state index contributed by atoms with van der Waals surface area (Å²) in [6.45, 7) is 3.53. The van der Waals surface area contributed by atoms with Crippen LogP contribution in [0.1, 0.15) is 12.6 Å². The summed E-state index contributed by atoms with van der Waals surface area (Å²) in [5, 5.41) is 3.22. The van der Waals surface area contributed by atoms with Crippen LogP contribution >= 0.6 is 11.6 Å². The number of halogens is 1. The normalized spacial score (nSPS) is 10.5. The van der Waals surface area contributed by atoms with Gasteiger partial charge in [-0.05, 0) is 26.1 Å². The Bertz CT molecular complexity index is 357. The number of amides is 1. The third-order valence-electron chi connectivity index (χ3n) is 1.99. The summed E-state index contributed by atoms with van der Waals surface area (Å²) in [7, 11) is 1.87. The quantitative estimate of drug-likeness (QED) is 0.791. The van der Waals surface area contributed by atoms with E-state index in [1.807, 2.05) is 31.0 Å². The van der Waals surface area contributed by atoms with E-state index in [0.29, 0.717) is 24.8 Å². The molecule has 1 rings (SSSR count). The Kier molecular flexibility index (Phi) is 5.22. The van der Waals surface area contributed by atoms with Crippen molar-refractivity contribution >= 4 is 17.5 Å². The van der Waals surface area contributed by atoms with E-state index in [1.54, 1.807) is 6.07 Å². The number of rotatable bonds is 5. The van der Waals surface area contributed by atoms with Crippen LogP contribution in [0.15, 0.2) is 18.2 Å². The molecule has 0 aliphatic carbocycles. The van der Waals surface area contributed by atoms with Crippen LogP contribution in [-0.4, -0.2) is 35.9 Å². The molecule has 0 fully saturated rings. The number of hydrogen-bond acceptors (Lipinski definition) is 3.